The third-order valence-corrected chi connectivity index (χ3v) is 4.22. The van der Waals surface area contributed by atoms with E-state index in [1.807, 2.05) is 0 Å². The number of anilines is 2. The lowest BCUT2D eigenvalue weighted by Gasteiger charge is -2.14. The molecule has 0 aliphatic heterocycles. The van der Waals surface area contributed by atoms with E-state index in [9.17, 15) is 9.59 Å². The number of aromatic nitrogens is 3. The third-order valence-electron chi connectivity index (χ3n) is 3.98. The van der Waals surface area contributed by atoms with Crippen molar-refractivity contribution in [1.29, 1.82) is 0 Å². The molecule has 30 heavy (non-hydrogen) atoms. The zero-order chi connectivity index (χ0) is 21.8. The molecule has 0 saturated heterocycles. The second-order valence-electron chi connectivity index (χ2n) is 6.27. The zero-order valence-electron chi connectivity index (χ0n) is 15.8. The molecule has 2 heterocycles. The van der Waals surface area contributed by atoms with Gasteiger partial charge in [0.05, 0.1) is 0 Å². The molecule has 3 rings (SSSR count). The van der Waals surface area contributed by atoms with Crippen molar-refractivity contribution in [3.63, 3.8) is 0 Å². The summed E-state index contributed by atoms with van der Waals surface area (Å²) in [6, 6.07) is 8.68. The van der Waals surface area contributed by atoms with Crippen molar-refractivity contribution in [2.24, 2.45) is 11.5 Å². The Morgan fingerprint density at radius 2 is 1.90 bits per heavy atom. The van der Waals surface area contributed by atoms with Crippen LogP contribution in [-0.2, 0) is 4.79 Å². The second kappa shape index (κ2) is 8.62. The van der Waals surface area contributed by atoms with Crippen LogP contribution in [0.2, 0.25) is 5.02 Å². The van der Waals surface area contributed by atoms with Crippen LogP contribution >= 0.6 is 11.6 Å². The molecule has 2 aromatic heterocycles. The fraction of sp³-hybridized carbons (Fsp3) is 0.105. The smallest absolute Gasteiger partial charge is 0.324 e. The first-order valence-electron chi connectivity index (χ1n) is 8.67. The molecular formula is C19H18ClN7O3. The predicted octanol–water partition coefficient (Wildman–Crippen LogP) is 1.95. The summed E-state index contributed by atoms with van der Waals surface area (Å²) in [7, 11) is 0. The maximum atomic E-state index is 11.7. The van der Waals surface area contributed by atoms with Crippen LogP contribution in [0, 0.1) is 0 Å². The zero-order valence-corrected chi connectivity index (χ0v) is 16.6. The minimum atomic E-state index is -0.796. The Morgan fingerprint density at radius 3 is 2.57 bits per heavy atom. The van der Waals surface area contributed by atoms with Gasteiger partial charge < -0.3 is 27.3 Å². The number of nitrogens with two attached hydrogens (primary N) is 3. The summed E-state index contributed by atoms with van der Waals surface area (Å²) < 4.78 is 5.83. The van der Waals surface area contributed by atoms with E-state index < -0.39 is 17.9 Å². The van der Waals surface area contributed by atoms with Crippen molar-refractivity contribution >= 4 is 35.1 Å². The molecule has 7 N–H and O–H groups in total. The SMILES string of the molecule is CC(Nc1cc(C(N)=O)nc(Oc2ccc(Cl)cc2-c2ccnc(N)c2)n1)C(N)=O. The molecule has 0 saturated carbocycles. The number of carbonyl (C=O) groups excluding carboxylic acids is 2. The van der Waals surface area contributed by atoms with Gasteiger partial charge in [0, 0.05) is 22.8 Å². The topological polar surface area (TPSA) is 172 Å². The van der Waals surface area contributed by atoms with Crippen LogP contribution < -0.4 is 27.3 Å². The summed E-state index contributed by atoms with van der Waals surface area (Å²) in [5.41, 5.74) is 17.6. The van der Waals surface area contributed by atoms with Crippen molar-refractivity contribution in [2.75, 3.05) is 11.1 Å². The first-order chi connectivity index (χ1) is 14.2. The number of ether oxygens (including phenoxy) is 1. The lowest BCUT2D eigenvalue weighted by atomic mass is 10.1. The predicted molar refractivity (Wildman–Crippen MR) is 112 cm³/mol. The highest BCUT2D eigenvalue weighted by Crippen LogP contribution is 2.35. The Labute approximate surface area is 176 Å². The Hall–Kier alpha value is -3.92. The number of nitrogen functional groups attached to an aromatic ring is 1. The largest absolute Gasteiger partial charge is 0.424 e. The minimum Gasteiger partial charge on any atom is -0.424 e. The maximum absolute atomic E-state index is 11.7. The molecule has 0 spiro atoms. The average Bonchev–Trinajstić information content (AvgIpc) is 2.69. The van der Waals surface area contributed by atoms with E-state index in [-0.39, 0.29) is 17.5 Å². The Kier molecular flexibility index (Phi) is 5.98. The number of pyridine rings is 1. The summed E-state index contributed by atoms with van der Waals surface area (Å²) in [4.78, 5) is 35.2. The number of primary amides is 2. The number of carbonyl (C=O) groups is 2. The normalized spacial score (nSPS) is 11.5. The van der Waals surface area contributed by atoms with Crippen molar-refractivity contribution in [2.45, 2.75) is 13.0 Å². The number of rotatable bonds is 7. The van der Waals surface area contributed by atoms with Gasteiger partial charge in [0.2, 0.25) is 5.91 Å². The molecule has 10 nitrogen and oxygen atoms in total. The maximum Gasteiger partial charge on any atom is 0.324 e. The summed E-state index contributed by atoms with van der Waals surface area (Å²) in [6.07, 6.45) is 1.55. The molecular weight excluding hydrogens is 410 g/mol. The van der Waals surface area contributed by atoms with Gasteiger partial charge in [-0.15, -0.1) is 0 Å². The van der Waals surface area contributed by atoms with Crippen LogP contribution in [-0.4, -0.2) is 32.8 Å². The van der Waals surface area contributed by atoms with Crippen molar-refractivity contribution in [3.05, 3.63) is 53.3 Å². The molecule has 3 aromatic rings. The van der Waals surface area contributed by atoms with E-state index in [4.69, 9.17) is 33.5 Å². The third kappa shape index (κ3) is 4.92. The van der Waals surface area contributed by atoms with Crippen LogP contribution in [0.5, 0.6) is 11.8 Å². The minimum absolute atomic E-state index is 0.108. The highest BCUT2D eigenvalue weighted by molar-refractivity contribution is 6.31. The van der Waals surface area contributed by atoms with Gasteiger partial charge in [-0.1, -0.05) is 11.6 Å². The van der Waals surface area contributed by atoms with Crippen molar-refractivity contribution in [1.82, 2.24) is 15.0 Å². The summed E-state index contributed by atoms with van der Waals surface area (Å²) in [6.45, 7) is 1.54. The molecule has 11 heteroatoms. The Balaban J connectivity index is 2.02. The van der Waals surface area contributed by atoms with E-state index in [0.29, 0.717) is 27.7 Å². The van der Waals surface area contributed by atoms with Crippen LogP contribution in [0.25, 0.3) is 11.1 Å². The Morgan fingerprint density at radius 1 is 1.13 bits per heavy atom. The Bertz CT molecular complexity index is 1120. The fourth-order valence-electron chi connectivity index (χ4n) is 2.49. The van der Waals surface area contributed by atoms with Gasteiger partial charge >= 0.3 is 6.01 Å². The molecule has 1 aromatic carbocycles. The molecule has 2 amide bonds. The van der Waals surface area contributed by atoms with Crippen molar-refractivity contribution in [3.8, 4) is 22.9 Å². The van der Waals surface area contributed by atoms with E-state index >= 15 is 0 Å². The van der Waals surface area contributed by atoms with Gasteiger partial charge in [-0.25, -0.2) is 4.98 Å². The second-order valence-corrected chi connectivity index (χ2v) is 6.70. The van der Waals surface area contributed by atoms with E-state index in [0.717, 1.165) is 0 Å². The number of halogens is 1. The molecule has 0 fully saturated rings. The number of hydrogen-bond acceptors (Lipinski definition) is 8. The van der Waals surface area contributed by atoms with E-state index in [2.05, 4.69) is 20.3 Å². The fourth-order valence-corrected chi connectivity index (χ4v) is 2.67. The van der Waals surface area contributed by atoms with Gasteiger partial charge in [-0.2, -0.15) is 9.97 Å². The van der Waals surface area contributed by atoms with Gasteiger partial charge in [0.25, 0.3) is 5.91 Å². The molecule has 154 valence electrons. The lowest BCUT2D eigenvalue weighted by molar-refractivity contribution is -0.118. The quantitative estimate of drug-likeness (QED) is 0.442. The van der Waals surface area contributed by atoms with Gasteiger partial charge in [0.1, 0.15) is 29.1 Å². The van der Waals surface area contributed by atoms with Crippen LogP contribution in [0.1, 0.15) is 17.4 Å². The lowest BCUT2D eigenvalue weighted by Crippen LogP contribution is -2.33. The number of amides is 2. The summed E-state index contributed by atoms with van der Waals surface area (Å²) in [5.74, 6) is -0.594. The summed E-state index contributed by atoms with van der Waals surface area (Å²) >= 11 is 6.14. The molecule has 0 bridgehead atoms. The van der Waals surface area contributed by atoms with Crippen LogP contribution in [0.4, 0.5) is 11.6 Å². The molecule has 0 aliphatic rings. The summed E-state index contributed by atoms with van der Waals surface area (Å²) in [5, 5.41) is 3.24. The highest BCUT2D eigenvalue weighted by Gasteiger charge is 2.16. The van der Waals surface area contributed by atoms with Gasteiger partial charge in [0.15, 0.2) is 0 Å². The molecule has 0 radical (unpaired) electrons. The first kappa shape index (κ1) is 20.8. The van der Waals surface area contributed by atoms with Gasteiger partial charge in [-0.3, -0.25) is 9.59 Å². The van der Waals surface area contributed by atoms with Gasteiger partial charge in [-0.05, 0) is 42.8 Å². The number of nitrogens with zero attached hydrogens (tertiary/aromatic N) is 3. The number of hydrogen-bond donors (Lipinski definition) is 4. The monoisotopic (exact) mass is 427 g/mol. The molecule has 1 atom stereocenters. The van der Waals surface area contributed by atoms with Crippen LogP contribution in [0.15, 0.2) is 42.6 Å². The average molecular weight is 428 g/mol. The standard InChI is InChI=1S/C19H18ClN7O3/c1-9(17(22)28)25-16-8-13(18(23)29)26-19(27-16)30-14-3-2-11(20)7-12(14)10-4-5-24-15(21)6-10/h2-9H,1H3,(H2,21,24)(H2,22,28)(H2,23,29)(H,25,26,27). The van der Waals surface area contributed by atoms with Crippen molar-refractivity contribution < 1.29 is 14.3 Å². The first-order valence-corrected chi connectivity index (χ1v) is 9.05. The van der Waals surface area contributed by atoms with E-state index in [1.165, 1.54) is 6.07 Å². The highest BCUT2D eigenvalue weighted by atomic mass is 35.5. The number of nitrogens with one attached hydrogen (secondary N) is 1. The molecule has 1 unspecified atom stereocenters. The number of benzene rings is 1. The van der Waals surface area contributed by atoms with E-state index in [1.54, 1.807) is 43.5 Å². The molecule has 0 aliphatic carbocycles. The van der Waals surface area contributed by atoms with Crippen LogP contribution in [0.3, 0.4) is 0 Å².